The van der Waals surface area contributed by atoms with Crippen LogP contribution in [0.25, 0.3) is 0 Å². The molecule has 2 bridgehead atoms. The number of carbonyl (C=O) groups is 3. The van der Waals surface area contributed by atoms with Gasteiger partial charge < -0.3 is 25.4 Å². The van der Waals surface area contributed by atoms with Crippen LogP contribution in [0, 0.1) is 11.8 Å². The number of piperidine rings is 1. The normalized spacial score (nSPS) is 22.0. The van der Waals surface area contributed by atoms with Crippen LogP contribution in [0.3, 0.4) is 0 Å². The Balaban J connectivity index is 1.22. The van der Waals surface area contributed by atoms with Crippen molar-refractivity contribution in [3.8, 4) is 0 Å². The minimum atomic E-state index is -0.355. The van der Waals surface area contributed by atoms with E-state index in [1.807, 2.05) is 34.9 Å². The Kier molecular flexibility index (Phi) is 7.30. The third-order valence-corrected chi connectivity index (χ3v) is 8.44. The number of nitrogens with zero attached hydrogens (tertiary/aromatic N) is 3. The molecule has 1 saturated heterocycles. The van der Waals surface area contributed by atoms with Gasteiger partial charge in [0.15, 0.2) is 0 Å². The van der Waals surface area contributed by atoms with Crippen LogP contribution in [0.4, 0.5) is 17.1 Å². The van der Waals surface area contributed by atoms with Crippen molar-refractivity contribution in [1.82, 2.24) is 14.9 Å². The fourth-order valence-electron chi connectivity index (χ4n) is 6.86. The molecular formula is C31H34N6O4. The van der Waals surface area contributed by atoms with E-state index in [1.54, 1.807) is 30.6 Å². The molecule has 0 saturated carbocycles. The first-order valence-electron chi connectivity index (χ1n) is 14.2. The maximum Gasteiger partial charge on any atom is 0.250 e. The molecule has 4 atom stereocenters. The second kappa shape index (κ2) is 11.2. The zero-order valence-electron chi connectivity index (χ0n) is 23.0. The lowest BCUT2D eigenvalue weighted by molar-refractivity contribution is -0.126. The number of carbonyl (C=O) groups excluding carboxylic acids is 3. The third kappa shape index (κ3) is 5.46. The maximum absolute atomic E-state index is 13.8. The lowest BCUT2D eigenvalue weighted by Crippen LogP contribution is -2.60. The minimum Gasteiger partial charge on any atom is -0.366 e. The number of rotatable bonds is 7. The Bertz CT molecular complexity index is 1540. The summed E-state index contributed by atoms with van der Waals surface area (Å²) in [6.45, 7) is 3.29. The van der Waals surface area contributed by atoms with Gasteiger partial charge in [0, 0.05) is 74.3 Å². The van der Waals surface area contributed by atoms with E-state index < -0.39 is 0 Å². The van der Waals surface area contributed by atoms with Crippen molar-refractivity contribution in [3.05, 3.63) is 82.5 Å². The monoisotopic (exact) mass is 554 g/mol. The third-order valence-electron chi connectivity index (χ3n) is 8.44. The highest BCUT2D eigenvalue weighted by Gasteiger charge is 2.49. The molecular weight excluding hydrogens is 520 g/mol. The number of benzene rings is 1. The summed E-state index contributed by atoms with van der Waals surface area (Å²) in [6.07, 6.45) is 5.48. The molecule has 3 aliphatic heterocycles. The standard InChI is InChI=1S/C31H34N6O4/c1-19(38)34-22-9-10-26-21(14-22)15-25(31(41)33-12-4-7-28(39)35-23-5-3-11-32-16-23)30-24-13-20(18-37(26)30)17-36-27(24)6-2-8-29(36)40/h2-3,5-6,8-11,14,16,20,24-25,30H,4,7,12-13,15,17-18H2,1H3,(H,33,41)(H,34,38)(H,35,39)/t20-,24+,25?,30+/m0/s1. The first kappa shape index (κ1) is 26.7. The molecule has 212 valence electrons. The quantitative estimate of drug-likeness (QED) is 0.386. The summed E-state index contributed by atoms with van der Waals surface area (Å²) in [7, 11) is 0. The van der Waals surface area contributed by atoms with Gasteiger partial charge in [0.25, 0.3) is 5.56 Å². The number of amides is 3. The van der Waals surface area contributed by atoms with Crippen molar-refractivity contribution in [2.75, 3.05) is 28.6 Å². The molecule has 6 rings (SSSR count). The Labute approximate surface area is 238 Å². The summed E-state index contributed by atoms with van der Waals surface area (Å²) in [4.78, 5) is 57.0. The average molecular weight is 555 g/mol. The SMILES string of the molecule is CC(=O)Nc1ccc2c(c1)CC(C(=O)NCCCC(=O)Nc1cccnc1)[C@H]1[C@@H]3C[C@H](CN21)Cn1c3cccc1=O. The van der Waals surface area contributed by atoms with Gasteiger partial charge in [-0.1, -0.05) is 6.07 Å². The molecule has 3 amide bonds. The summed E-state index contributed by atoms with van der Waals surface area (Å²) in [5.41, 5.74) is 4.46. The van der Waals surface area contributed by atoms with Gasteiger partial charge in [-0.2, -0.15) is 0 Å². The first-order chi connectivity index (χ1) is 19.9. The number of hydrogen-bond acceptors (Lipinski definition) is 6. The number of anilines is 3. The lowest BCUT2D eigenvalue weighted by atomic mass is 9.69. The molecule has 3 aliphatic rings. The molecule has 5 heterocycles. The van der Waals surface area contributed by atoms with Gasteiger partial charge in [0.2, 0.25) is 17.7 Å². The molecule has 0 radical (unpaired) electrons. The molecule has 10 heteroatoms. The fraction of sp³-hybridized carbons (Fsp3) is 0.387. The van der Waals surface area contributed by atoms with Crippen LogP contribution >= 0.6 is 0 Å². The number of aromatic nitrogens is 2. The number of nitrogens with one attached hydrogen (secondary N) is 3. The maximum atomic E-state index is 13.8. The number of fused-ring (bicyclic) bond motifs is 8. The van der Waals surface area contributed by atoms with Crippen LogP contribution in [0.15, 0.2) is 65.7 Å². The molecule has 3 aromatic rings. The zero-order valence-corrected chi connectivity index (χ0v) is 23.0. The predicted octanol–water partition coefficient (Wildman–Crippen LogP) is 2.90. The molecule has 0 spiro atoms. The predicted molar refractivity (Wildman–Crippen MR) is 156 cm³/mol. The highest BCUT2D eigenvalue weighted by molar-refractivity contribution is 5.91. The van der Waals surface area contributed by atoms with Crippen LogP contribution in [0.2, 0.25) is 0 Å². The van der Waals surface area contributed by atoms with E-state index in [1.165, 1.54) is 6.92 Å². The Morgan fingerprint density at radius 3 is 2.71 bits per heavy atom. The van der Waals surface area contributed by atoms with Crippen LogP contribution in [-0.2, 0) is 27.3 Å². The molecule has 41 heavy (non-hydrogen) atoms. The Morgan fingerprint density at radius 1 is 1.02 bits per heavy atom. The summed E-state index contributed by atoms with van der Waals surface area (Å²) >= 11 is 0. The van der Waals surface area contributed by atoms with Crippen LogP contribution < -0.4 is 26.4 Å². The van der Waals surface area contributed by atoms with E-state index in [4.69, 9.17) is 0 Å². The molecule has 2 aromatic heterocycles. The van der Waals surface area contributed by atoms with Crippen molar-refractivity contribution < 1.29 is 14.4 Å². The second-order valence-electron chi connectivity index (χ2n) is 11.3. The van der Waals surface area contributed by atoms with Gasteiger partial charge in [-0.3, -0.25) is 24.2 Å². The summed E-state index contributed by atoms with van der Waals surface area (Å²) in [5.74, 6) is -0.343. The Morgan fingerprint density at radius 2 is 1.90 bits per heavy atom. The van der Waals surface area contributed by atoms with E-state index in [0.717, 1.165) is 29.9 Å². The van der Waals surface area contributed by atoms with Gasteiger partial charge in [0.05, 0.1) is 17.8 Å². The van der Waals surface area contributed by atoms with Gasteiger partial charge in [0.1, 0.15) is 0 Å². The molecule has 10 nitrogen and oxygen atoms in total. The van der Waals surface area contributed by atoms with Crippen LogP contribution in [0.5, 0.6) is 0 Å². The molecule has 1 unspecified atom stereocenters. The molecule has 1 aromatic carbocycles. The number of pyridine rings is 2. The minimum absolute atomic E-state index is 0.00682. The van der Waals surface area contributed by atoms with E-state index in [9.17, 15) is 19.2 Å². The van der Waals surface area contributed by atoms with Crippen LogP contribution in [-0.4, -0.2) is 46.4 Å². The van der Waals surface area contributed by atoms with Gasteiger partial charge in [-0.15, -0.1) is 0 Å². The summed E-state index contributed by atoms with van der Waals surface area (Å²) in [5, 5.41) is 8.78. The average Bonchev–Trinajstić information content (AvgIpc) is 2.95. The lowest BCUT2D eigenvalue weighted by Gasteiger charge is -2.54. The van der Waals surface area contributed by atoms with Gasteiger partial charge in [-0.05, 0) is 67.1 Å². The van der Waals surface area contributed by atoms with E-state index in [-0.39, 0.29) is 47.6 Å². The second-order valence-corrected chi connectivity index (χ2v) is 11.3. The zero-order chi connectivity index (χ0) is 28.5. The molecule has 3 N–H and O–H groups in total. The smallest absolute Gasteiger partial charge is 0.250 e. The van der Waals surface area contributed by atoms with Crippen molar-refractivity contribution in [3.63, 3.8) is 0 Å². The van der Waals surface area contributed by atoms with Gasteiger partial charge in [-0.25, -0.2) is 0 Å². The largest absolute Gasteiger partial charge is 0.366 e. The van der Waals surface area contributed by atoms with Crippen molar-refractivity contribution in [2.24, 2.45) is 11.8 Å². The topological polar surface area (TPSA) is 125 Å². The highest BCUT2D eigenvalue weighted by Crippen LogP contribution is 2.48. The van der Waals surface area contributed by atoms with Crippen LogP contribution in [0.1, 0.15) is 43.4 Å². The number of hydrogen-bond donors (Lipinski definition) is 3. The van der Waals surface area contributed by atoms with Crippen molar-refractivity contribution >= 4 is 34.8 Å². The van der Waals surface area contributed by atoms with Crippen molar-refractivity contribution in [2.45, 2.75) is 51.1 Å². The Hall–Kier alpha value is -4.47. The highest BCUT2D eigenvalue weighted by atomic mass is 16.2. The van der Waals surface area contributed by atoms with E-state index in [2.05, 4.69) is 25.8 Å². The summed E-state index contributed by atoms with van der Waals surface area (Å²) in [6, 6.07) is 14.8. The van der Waals surface area contributed by atoms with E-state index in [0.29, 0.717) is 43.2 Å². The van der Waals surface area contributed by atoms with Gasteiger partial charge >= 0.3 is 0 Å². The van der Waals surface area contributed by atoms with Crippen molar-refractivity contribution in [1.29, 1.82) is 0 Å². The van der Waals surface area contributed by atoms with E-state index >= 15 is 0 Å². The molecule has 0 aliphatic carbocycles. The molecule has 1 fully saturated rings. The first-order valence-corrected chi connectivity index (χ1v) is 14.2. The fourth-order valence-corrected chi connectivity index (χ4v) is 6.86. The summed E-state index contributed by atoms with van der Waals surface area (Å²) < 4.78 is 1.89.